The summed E-state index contributed by atoms with van der Waals surface area (Å²) in [5.74, 6) is 0.545. The second-order valence-electron chi connectivity index (χ2n) is 5.05. The Balaban J connectivity index is 2.23. The molecule has 15 heavy (non-hydrogen) atoms. The highest BCUT2D eigenvalue weighted by atomic mass is 15.0. The molecule has 3 nitrogen and oxygen atoms in total. The lowest BCUT2D eigenvalue weighted by molar-refractivity contribution is 0.194. The van der Waals surface area contributed by atoms with E-state index in [-0.39, 0.29) is 0 Å². The quantitative estimate of drug-likeness (QED) is 0.464. The van der Waals surface area contributed by atoms with Gasteiger partial charge in [0, 0.05) is 0 Å². The smallest absolute Gasteiger partial charge is 0.0665 e. The van der Waals surface area contributed by atoms with E-state index in [1.165, 1.54) is 38.5 Å². The molecule has 0 bridgehead atoms. The average molecular weight is 213 g/mol. The molecule has 1 aliphatic rings. The van der Waals surface area contributed by atoms with Crippen LogP contribution in [0.3, 0.4) is 0 Å². The summed E-state index contributed by atoms with van der Waals surface area (Å²) in [5.41, 5.74) is 17.5. The van der Waals surface area contributed by atoms with Crippen LogP contribution < -0.4 is 17.2 Å². The third-order valence-electron chi connectivity index (χ3n) is 3.68. The number of unbranched alkanes of at least 4 members (excludes halogenated alkanes) is 2. The molecule has 0 unspecified atom stereocenters. The van der Waals surface area contributed by atoms with Gasteiger partial charge in [0.2, 0.25) is 0 Å². The Morgan fingerprint density at radius 2 is 1.60 bits per heavy atom. The van der Waals surface area contributed by atoms with Crippen LogP contribution in [0.2, 0.25) is 0 Å². The molecule has 90 valence electrons. The third kappa shape index (κ3) is 4.49. The summed E-state index contributed by atoms with van der Waals surface area (Å²) in [7, 11) is 0. The standard InChI is InChI=1S/C12H27N3/c13-10-6-2-5-9-12(14,15)11-7-3-1-4-8-11/h11H,1-10,13-15H2. The summed E-state index contributed by atoms with van der Waals surface area (Å²) in [5, 5.41) is 0. The van der Waals surface area contributed by atoms with Crippen molar-refractivity contribution in [1.82, 2.24) is 0 Å². The second kappa shape index (κ2) is 6.46. The molecule has 0 atom stereocenters. The number of nitrogens with two attached hydrogens (primary N) is 3. The minimum atomic E-state index is -0.422. The summed E-state index contributed by atoms with van der Waals surface area (Å²) < 4.78 is 0. The summed E-state index contributed by atoms with van der Waals surface area (Å²) in [6.45, 7) is 0.783. The number of rotatable bonds is 6. The van der Waals surface area contributed by atoms with E-state index in [4.69, 9.17) is 17.2 Å². The Morgan fingerprint density at radius 1 is 0.933 bits per heavy atom. The highest BCUT2D eigenvalue weighted by molar-refractivity contribution is 4.87. The van der Waals surface area contributed by atoms with Gasteiger partial charge in [-0.3, -0.25) is 0 Å². The topological polar surface area (TPSA) is 78.1 Å². The molecule has 1 aliphatic carbocycles. The van der Waals surface area contributed by atoms with Crippen molar-refractivity contribution in [3.05, 3.63) is 0 Å². The van der Waals surface area contributed by atoms with Crippen molar-refractivity contribution in [2.75, 3.05) is 6.54 Å². The number of hydrogen-bond acceptors (Lipinski definition) is 3. The zero-order chi connectivity index (χ0) is 11.1. The minimum absolute atomic E-state index is 0.422. The van der Waals surface area contributed by atoms with Gasteiger partial charge in [-0.2, -0.15) is 0 Å². The van der Waals surface area contributed by atoms with Crippen molar-refractivity contribution in [2.45, 2.75) is 63.5 Å². The summed E-state index contributed by atoms with van der Waals surface area (Å²) in [6.07, 6.45) is 10.8. The Bertz CT molecular complexity index is 162. The van der Waals surface area contributed by atoms with Crippen LogP contribution in [0, 0.1) is 5.92 Å². The molecule has 0 aromatic rings. The molecule has 0 aliphatic heterocycles. The van der Waals surface area contributed by atoms with E-state index in [0.717, 1.165) is 25.8 Å². The second-order valence-corrected chi connectivity index (χ2v) is 5.05. The van der Waals surface area contributed by atoms with E-state index in [9.17, 15) is 0 Å². The molecule has 6 N–H and O–H groups in total. The molecule has 1 saturated carbocycles. The fourth-order valence-electron chi connectivity index (χ4n) is 2.60. The van der Waals surface area contributed by atoms with E-state index in [2.05, 4.69) is 0 Å². The Hall–Kier alpha value is -0.120. The molecule has 0 aromatic carbocycles. The third-order valence-corrected chi connectivity index (χ3v) is 3.68. The lowest BCUT2D eigenvalue weighted by Gasteiger charge is -2.36. The molecule has 3 heteroatoms. The normalized spacial score (nSPS) is 19.4. The molecule has 1 fully saturated rings. The highest BCUT2D eigenvalue weighted by Crippen LogP contribution is 2.31. The summed E-state index contributed by atoms with van der Waals surface area (Å²) in [6, 6.07) is 0. The Morgan fingerprint density at radius 3 is 2.20 bits per heavy atom. The van der Waals surface area contributed by atoms with Crippen LogP contribution in [0.25, 0.3) is 0 Å². The molecular weight excluding hydrogens is 186 g/mol. The lowest BCUT2D eigenvalue weighted by atomic mass is 9.78. The van der Waals surface area contributed by atoms with Crippen LogP contribution in [0.5, 0.6) is 0 Å². The molecule has 1 rings (SSSR count). The lowest BCUT2D eigenvalue weighted by Crippen LogP contribution is -2.56. The van der Waals surface area contributed by atoms with Crippen molar-refractivity contribution in [1.29, 1.82) is 0 Å². The molecule has 0 amide bonds. The maximum atomic E-state index is 6.22. The van der Waals surface area contributed by atoms with Gasteiger partial charge in [0.05, 0.1) is 5.66 Å². The van der Waals surface area contributed by atoms with Crippen molar-refractivity contribution in [2.24, 2.45) is 23.1 Å². The van der Waals surface area contributed by atoms with Gasteiger partial charge < -0.3 is 17.2 Å². The van der Waals surface area contributed by atoms with Crippen molar-refractivity contribution in [3.8, 4) is 0 Å². The van der Waals surface area contributed by atoms with Crippen LogP contribution in [0.1, 0.15) is 57.8 Å². The summed E-state index contributed by atoms with van der Waals surface area (Å²) in [4.78, 5) is 0. The van der Waals surface area contributed by atoms with Crippen molar-refractivity contribution in [3.63, 3.8) is 0 Å². The molecular formula is C12H27N3. The Kier molecular flexibility index (Phi) is 5.58. The van der Waals surface area contributed by atoms with Crippen LogP contribution >= 0.6 is 0 Å². The fraction of sp³-hybridized carbons (Fsp3) is 1.00. The van der Waals surface area contributed by atoms with Gasteiger partial charge in [0.1, 0.15) is 0 Å². The maximum Gasteiger partial charge on any atom is 0.0665 e. The predicted molar refractivity (Wildman–Crippen MR) is 65.2 cm³/mol. The minimum Gasteiger partial charge on any atom is -0.330 e. The van der Waals surface area contributed by atoms with E-state index in [1.54, 1.807) is 0 Å². The molecule has 0 saturated heterocycles. The van der Waals surface area contributed by atoms with Gasteiger partial charge in [-0.1, -0.05) is 32.1 Å². The van der Waals surface area contributed by atoms with E-state index >= 15 is 0 Å². The molecule has 0 heterocycles. The van der Waals surface area contributed by atoms with Crippen LogP contribution in [0.4, 0.5) is 0 Å². The van der Waals surface area contributed by atoms with E-state index in [1.807, 2.05) is 0 Å². The van der Waals surface area contributed by atoms with Gasteiger partial charge in [0.25, 0.3) is 0 Å². The number of hydrogen-bond donors (Lipinski definition) is 3. The highest BCUT2D eigenvalue weighted by Gasteiger charge is 2.30. The fourth-order valence-corrected chi connectivity index (χ4v) is 2.60. The first-order valence-electron chi connectivity index (χ1n) is 6.44. The predicted octanol–water partition coefficient (Wildman–Crippen LogP) is 1.70. The first-order chi connectivity index (χ1) is 7.17. The first kappa shape index (κ1) is 12.9. The largest absolute Gasteiger partial charge is 0.330 e. The van der Waals surface area contributed by atoms with E-state index < -0.39 is 5.66 Å². The summed E-state index contributed by atoms with van der Waals surface area (Å²) >= 11 is 0. The molecule has 0 spiro atoms. The van der Waals surface area contributed by atoms with Crippen molar-refractivity contribution < 1.29 is 0 Å². The van der Waals surface area contributed by atoms with Crippen molar-refractivity contribution >= 4 is 0 Å². The maximum absolute atomic E-state index is 6.22. The Labute approximate surface area is 93.8 Å². The van der Waals surface area contributed by atoms with Gasteiger partial charge >= 0.3 is 0 Å². The van der Waals surface area contributed by atoms with Gasteiger partial charge in [-0.05, 0) is 38.1 Å². The van der Waals surface area contributed by atoms with Crippen LogP contribution in [-0.4, -0.2) is 12.2 Å². The first-order valence-corrected chi connectivity index (χ1v) is 6.44. The van der Waals surface area contributed by atoms with Crippen LogP contribution in [-0.2, 0) is 0 Å². The monoisotopic (exact) mass is 213 g/mol. The van der Waals surface area contributed by atoms with Gasteiger partial charge in [-0.15, -0.1) is 0 Å². The SMILES string of the molecule is NCCCCCC(N)(N)C1CCCCC1. The van der Waals surface area contributed by atoms with Crippen LogP contribution in [0.15, 0.2) is 0 Å². The molecule has 0 radical (unpaired) electrons. The van der Waals surface area contributed by atoms with Gasteiger partial charge in [0.15, 0.2) is 0 Å². The van der Waals surface area contributed by atoms with E-state index in [0.29, 0.717) is 5.92 Å². The average Bonchev–Trinajstić information content (AvgIpc) is 2.26. The van der Waals surface area contributed by atoms with Gasteiger partial charge in [-0.25, -0.2) is 0 Å². The molecule has 0 aromatic heterocycles. The zero-order valence-electron chi connectivity index (χ0n) is 9.88. The zero-order valence-corrected chi connectivity index (χ0v) is 9.88.